The molecule has 0 spiro atoms. The molecule has 0 radical (unpaired) electrons. The molecule has 0 amide bonds. The second kappa shape index (κ2) is 11.3. The van der Waals surface area contributed by atoms with Crippen LogP contribution in [0.3, 0.4) is 0 Å². The summed E-state index contributed by atoms with van der Waals surface area (Å²) in [7, 11) is 0. The SMILES string of the molecule is CC.Cc1c(OCc2ccccc2)ccc(C(=O)Oc2c(C)c(C)c(C#N)c(C)c2C)c1C. The van der Waals surface area contributed by atoms with Crippen LogP contribution >= 0.6 is 0 Å². The van der Waals surface area contributed by atoms with Crippen molar-refractivity contribution in [1.82, 2.24) is 0 Å². The molecule has 0 saturated heterocycles. The maximum atomic E-state index is 13.0. The van der Waals surface area contributed by atoms with Crippen molar-refractivity contribution in [3.05, 3.63) is 92.5 Å². The van der Waals surface area contributed by atoms with Gasteiger partial charge in [-0.2, -0.15) is 5.26 Å². The van der Waals surface area contributed by atoms with E-state index in [2.05, 4.69) is 6.07 Å². The lowest BCUT2D eigenvalue weighted by Gasteiger charge is -2.18. The molecule has 0 atom stereocenters. The van der Waals surface area contributed by atoms with Crippen LogP contribution in [-0.2, 0) is 6.61 Å². The van der Waals surface area contributed by atoms with E-state index in [-0.39, 0.29) is 0 Å². The highest BCUT2D eigenvalue weighted by Gasteiger charge is 2.21. The van der Waals surface area contributed by atoms with E-state index in [9.17, 15) is 10.1 Å². The lowest BCUT2D eigenvalue weighted by Crippen LogP contribution is -2.14. The molecule has 0 aliphatic heterocycles. The number of benzene rings is 3. The van der Waals surface area contributed by atoms with Crippen molar-refractivity contribution < 1.29 is 14.3 Å². The molecule has 0 heterocycles. The minimum atomic E-state index is -0.412. The van der Waals surface area contributed by atoms with Crippen molar-refractivity contribution >= 4 is 5.97 Å². The zero-order chi connectivity index (χ0) is 24.7. The van der Waals surface area contributed by atoms with Gasteiger partial charge in [-0.15, -0.1) is 0 Å². The quantitative estimate of drug-likeness (QED) is 0.308. The fraction of sp³-hybridized carbons (Fsp3) is 0.310. The smallest absolute Gasteiger partial charge is 0.343 e. The average molecular weight is 444 g/mol. The highest BCUT2D eigenvalue weighted by Crippen LogP contribution is 2.33. The summed E-state index contributed by atoms with van der Waals surface area (Å²) in [5, 5.41) is 9.44. The number of hydrogen-bond donors (Lipinski definition) is 0. The van der Waals surface area contributed by atoms with E-state index >= 15 is 0 Å². The summed E-state index contributed by atoms with van der Waals surface area (Å²) in [5.41, 5.74) is 7.26. The van der Waals surface area contributed by atoms with E-state index in [0.29, 0.717) is 23.5 Å². The summed E-state index contributed by atoms with van der Waals surface area (Å²) in [6.07, 6.45) is 0. The fourth-order valence-corrected chi connectivity index (χ4v) is 3.66. The van der Waals surface area contributed by atoms with Crippen LogP contribution in [0.5, 0.6) is 11.5 Å². The normalized spacial score (nSPS) is 10.0. The largest absolute Gasteiger partial charge is 0.489 e. The third-order valence-electron chi connectivity index (χ3n) is 6.06. The number of carbonyl (C=O) groups is 1. The van der Waals surface area contributed by atoms with Gasteiger partial charge in [0.1, 0.15) is 18.1 Å². The number of nitrogens with zero attached hydrogens (tertiary/aromatic N) is 1. The zero-order valence-corrected chi connectivity index (χ0v) is 20.9. The highest BCUT2D eigenvalue weighted by molar-refractivity contribution is 5.93. The molecule has 4 heteroatoms. The summed E-state index contributed by atoms with van der Waals surface area (Å²) in [5.74, 6) is 0.862. The van der Waals surface area contributed by atoms with Crippen molar-refractivity contribution in [2.45, 2.75) is 62.0 Å². The van der Waals surface area contributed by atoms with Crippen LogP contribution in [-0.4, -0.2) is 5.97 Å². The van der Waals surface area contributed by atoms with Crippen molar-refractivity contribution in [3.63, 3.8) is 0 Å². The van der Waals surface area contributed by atoms with Crippen molar-refractivity contribution in [3.8, 4) is 17.6 Å². The molecule has 4 nitrogen and oxygen atoms in total. The van der Waals surface area contributed by atoms with Gasteiger partial charge in [-0.25, -0.2) is 4.79 Å². The number of rotatable bonds is 5. The van der Waals surface area contributed by atoms with E-state index < -0.39 is 5.97 Å². The molecule has 0 N–H and O–H groups in total. The van der Waals surface area contributed by atoms with E-state index in [1.807, 2.05) is 91.8 Å². The molecule has 0 saturated carbocycles. The molecular weight excluding hydrogens is 410 g/mol. The van der Waals surface area contributed by atoms with Crippen LogP contribution in [0, 0.1) is 52.9 Å². The van der Waals surface area contributed by atoms with Crippen LogP contribution in [0.4, 0.5) is 0 Å². The van der Waals surface area contributed by atoms with Crippen molar-refractivity contribution in [2.24, 2.45) is 0 Å². The number of esters is 1. The predicted molar refractivity (Wildman–Crippen MR) is 133 cm³/mol. The summed E-state index contributed by atoms with van der Waals surface area (Å²) < 4.78 is 11.8. The van der Waals surface area contributed by atoms with Gasteiger partial charge in [0.2, 0.25) is 0 Å². The first kappa shape index (κ1) is 25.7. The molecule has 0 aliphatic rings. The molecule has 0 aliphatic carbocycles. The standard InChI is InChI=1S/C27H27NO3.C2H6/c1-16-19(4)25(30-15-22-10-8-7-9-11-22)13-12-23(16)27(29)31-26-20(5)17(2)24(14-28)18(3)21(26)6;1-2/h7-13H,15H2,1-6H3;1-2H3. The van der Waals surface area contributed by atoms with E-state index in [1.165, 1.54) is 0 Å². The van der Waals surface area contributed by atoms with Gasteiger partial charge in [-0.05, 0) is 92.6 Å². The first-order valence-electron chi connectivity index (χ1n) is 11.3. The minimum absolute atomic E-state index is 0.412. The van der Waals surface area contributed by atoms with Gasteiger partial charge in [0, 0.05) is 0 Å². The molecule has 0 unspecified atom stereocenters. The molecule has 0 aromatic heterocycles. The molecule has 172 valence electrons. The Morgan fingerprint density at radius 2 is 1.36 bits per heavy atom. The number of hydrogen-bond acceptors (Lipinski definition) is 4. The lowest BCUT2D eigenvalue weighted by molar-refractivity contribution is 0.0731. The van der Waals surface area contributed by atoms with E-state index in [0.717, 1.165) is 44.7 Å². The molecule has 3 aromatic carbocycles. The Bertz CT molecular complexity index is 1160. The maximum Gasteiger partial charge on any atom is 0.343 e. The Hall–Kier alpha value is -3.58. The van der Waals surface area contributed by atoms with Crippen molar-refractivity contribution in [1.29, 1.82) is 5.26 Å². The van der Waals surface area contributed by atoms with E-state index in [4.69, 9.17) is 9.47 Å². The number of ether oxygens (including phenoxy) is 2. The van der Waals surface area contributed by atoms with Gasteiger partial charge in [0.25, 0.3) is 0 Å². The first-order valence-corrected chi connectivity index (χ1v) is 11.3. The second-order valence-corrected chi connectivity index (χ2v) is 7.84. The van der Waals surface area contributed by atoms with Gasteiger partial charge >= 0.3 is 5.97 Å². The molecule has 3 rings (SSSR count). The second-order valence-electron chi connectivity index (χ2n) is 7.84. The Morgan fingerprint density at radius 1 is 0.788 bits per heavy atom. The highest BCUT2D eigenvalue weighted by atomic mass is 16.5. The fourth-order valence-electron chi connectivity index (χ4n) is 3.66. The van der Waals surface area contributed by atoms with Crippen LogP contribution in [0.2, 0.25) is 0 Å². The van der Waals surface area contributed by atoms with E-state index in [1.54, 1.807) is 6.07 Å². The van der Waals surface area contributed by atoms with Gasteiger partial charge in [0.05, 0.1) is 17.2 Å². The predicted octanol–water partition coefficient (Wildman–Crippen LogP) is 7.23. The Morgan fingerprint density at radius 3 is 1.91 bits per heavy atom. The van der Waals surface area contributed by atoms with Crippen LogP contribution in [0.15, 0.2) is 42.5 Å². The summed E-state index contributed by atoms with van der Waals surface area (Å²) in [6.45, 7) is 15.8. The Kier molecular flexibility index (Phi) is 8.82. The summed E-state index contributed by atoms with van der Waals surface area (Å²) >= 11 is 0. The Labute approximate surface area is 197 Å². The molecular formula is C29H33NO3. The lowest BCUT2D eigenvalue weighted by atomic mass is 9.93. The summed E-state index contributed by atoms with van der Waals surface area (Å²) in [6, 6.07) is 15.8. The Balaban J connectivity index is 0.00000187. The van der Waals surface area contributed by atoms with Crippen LogP contribution in [0.1, 0.15) is 68.7 Å². The third-order valence-corrected chi connectivity index (χ3v) is 6.06. The van der Waals surface area contributed by atoms with Gasteiger partial charge < -0.3 is 9.47 Å². The molecule has 0 bridgehead atoms. The maximum absolute atomic E-state index is 13.0. The molecule has 33 heavy (non-hydrogen) atoms. The zero-order valence-electron chi connectivity index (χ0n) is 20.9. The van der Waals surface area contributed by atoms with Gasteiger partial charge in [-0.1, -0.05) is 44.2 Å². The molecule has 3 aromatic rings. The topological polar surface area (TPSA) is 59.3 Å². The van der Waals surface area contributed by atoms with Gasteiger partial charge in [-0.3, -0.25) is 0 Å². The first-order chi connectivity index (χ1) is 15.8. The number of carbonyl (C=O) groups excluding carboxylic acids is 1. The van der Waals surface area contributed by atoms with Crippen LogP contribution in [0.25, 0.3) is 0 Å². The monoisotopic (exact) mass is 443 g/mol. The number of nitriles is 1. The third kappa shape index (κ3) is 5.43. The van der Waals surface area contributed by atoms with Crippen molar-refractivity contribution in [2.75, 3.05) is 0 Å². The molecule has 0 fully saturated rings. The summed E-state index contributed by atoms with van der Waals surface area (Å²) in [4.78, 5) is 13.0. The average Bonchev–Trinajstić information content (AvgIpc) is 2.83. The van der Waals surface area contributed by atoms with Crippen LogP contribution < -0.4 is 9.47 Å². The van der Waals surface area contributed by atoms with Gasteiger partial charge in [0.15, 0.2) is 0 Å². The minimum Gasteiger partial charge on any atom is -0.489 e.